The van der Waals surface area contributed by atoms with E-state index in [1.807, 2.05) is 6.08 Å². The number of alkyl halides is 4. The molecule has 0 radical (unpaired) electrons. The lowest BCUT2D eigenvalue weighted by Gasteiger charge is -2.20. The molecule has 0 aromatic carbocycles. The zero-order valence-electron chi connectivity index (χ0n) is 8.06. The average Bonchev–Trinajstić information content (AvgIpc) is 2.17. The van der Waals surface area contributed by atoms with Crippen LogP contribution in [0.5, 0.6) is 0 Å². The van der Waals surface area contributed by atoms with E-state index in [1.54, 1.807) is 19.1 Å². The maximum Gasteiger partial charge on any atom is 0.0954 e. The van der Waals surface area contributed by atoms with Crippen LogP contribution in [0.25, 0.3) is 0 Å². The molecule has 0 N–H and O–H groups in total. The molecule has 0 bridgehead atoms. The highest BCUT2D eigenvalue weighted by Gasteiger charge is 2.24. The van der Waals surface area contributed by atoms with Gasteiger partial charge in [-0.2, -0.15) is 0 Å². The molecule has 0 heterocycles. The highest BCUT2D eigenvalue weighted by atomic mass is 79.9. The molecule has 0 aliphatic carbocycles. The van der Waals surface area contributed by atoms with Crippen molar-refractivity contribution < 1.29 is 0 Å². The lowest BCUT2D eigenvalue weighted by molar-refractivity contribution is 0.801. The number of allylic oxidation sites excluding steroid dienone is 4. The summed E-state index contributed by atoms with van der Waals surface area (Å²) in [5, 5.41) is -0.345. The molecule has 0 aliphatic heterocycles. The van der Waals surface area contributed by atoms with Gasteiger partial charge in [-0.05, 0) is 12.5 Å². The van der Waals surface area contributed by atoms with Gasteiger partial charge >= 0.3 is 0 Å². The number of hydrogen-bond acceptors (Lipinski definition) is 0. The van der Waals surface area contributed by atoms with E-state index < -0.39 is 4.87 Å². The minimum absolute atomic E-state index is 0.00655. The monoisotopic (exact) mass is 394 g/mol. The standard InChI is InChI=1S/C10H11Br2Cl3/c1-3-10(2,15)8(14)5-4-7(6-13)9(11)12/h3-6,8-9H,1H2,2H3/b5-4+,7-6+/t8-,10+/m0/s1. The van der Waals surface area contributed by atoms with E-state index >= 15 is 0 Å². The van der Waals surface area contributed by atoms with Gasteiger partial charge in [-0.1, -0.05) is 61.7 Å². The van der Waals surface area contributed by atoms with Gasteiger partial charge < -0.3 is 0 Å². The first kappa shape index (κ1) is 16.1. The summed E-state index contributed by atoms with van der Waals surface area (Å²) in [6.45, 7) is 5.43. The SMILES string of the molecule is C=C[C@@](C)(Cl)[C@@H](Cl)/C=C/C(=C\Cl)C(Br)Br. The minimum Gasteiger partial charge on any atom is -0.116 e. The highest BCUT2D eigenvalue weighted by molar-refractivity contribution is 9.24. The van der Waals surface area contributed by atoms with E-state index in [0.29, 0.717) is 0 Å². The van der Waals surface area contributed by atoms with Crippen molar-refractivity contribution in [3.63, 3.8) is 0 Å². The molecule has 0 fully saturated rings. The van der Waals surface area contributed by atoms with Crippen LogP contribution in [0.2, 0.25) is 0 Å². The van der Waals surface area contributed by atoms with Crippen LogP contribution in [0, 0.1) is 0 Å². The van der Waals surface area contributed by atoms with Gasteiger partial charge in [0.2, 0.25) is 0 Å². The zero-order valence-corrected chi connectivity index (χ0v) is 13.5. The second-order valence-electron chi connectivity index (χ2n) is 3.03. The van der Waals surface area contributed by atoms with Crippen molar-refractivity contribution >= 4 is 66.7 Å². The van der Waals surface area contributed by atoms with Crippen LogP contribution < -0.4 is 0 Å². The number of halogens is 5. The quantitative estimate of drug-likeness (QED) is 0.323. The largest absolute Gasteiger partial charge is 0.116 e. The first-order valence-electron chi connectivity index (χ1n) is 4.08. The van der Waals surface area contributed by atoms with Crippen LogP contribution in [0.4, 0.5) is 0 Å². The molecule has 0 saturated carbocycles. The van der Waals surface area contributed by atoms with Gasteiger partial charge in [-0.3, -0.25) is 0 Å². The Balaban J connectivity index is 4.60. The van der Waals surface area contributed by atoms with Gasteiger partial charge in [0.15, 0.2) is 0 Å². The molecule has 0 spiro atoms. The van der Waals surface area contributed by atoms with E-state index in [2.05, 4.69) is 38.4 Å². The zero-order chi connectivity index (χ0) is 12.1. The van der Waals surface area contributed by atoms with Crippen molar-refractivity contribution in [1.82, 2.24) is 0 Å². The van der Waals surface area contributed by atoms with Gasteiger partial charge in [0, 0.05) is 5.54 Å². The van der Waals surface area contributed by atoms with E-state index in [-0.39, 0.29) is 9.11 Å². The Bertz CT molecular complexity index is 270. The van der Waals surface area contributed by atoms with Crippen molar-refractivity contribution in [2.75, 3.05) is 0 Å². The average molecular weight is 397 g/mol. The smallest absolute Gasteiger partial charge is 0.0954 e. The van der Waals surface area contributed by atoms with Gasteiger partial charge in [0.1, 0.15) is 0 Å². The molecule has 0 amide bonds. The van der Waals surface area contributed by atoms with Crippen LogP contribution in [0.15, 0.2) is 35.9 Å². The molecule has 0 rings (SSSR count). The van der Waals surface area contributed by atoms with Crippen molar-refractivity contribution in [1.29, 1.82) is 0 Å². The summed E-state index contributed by atoms with van der Waals surface area (Å²) < 4.78 is -0.00655. The summed E-state index contributed by atoms with van der Waals surface area (Å²) in [5.74, 6) is 0. The topological polar surface area (TPSA) is 0 Å². The fourth-order valence-corrected chi connectivity index (χ4v) is 1.96. The maximum atomic E-state index is 6.10. The maximum absolute atomic E-state index is 6.10. The molecular weight excluding hydrogens is 386 g/mol. The molecule has 0 nitrogen and oxygen atoms in total. The van der Waals surface area contributed by atoms with E-state index in [4.69, 9.17) is 34.8 Å². The Morgan fingerprint density at radius 1 is 1.47 bits per heavy atom. The van der Waals surface area contributed by atoms with Crippen LogP contribution in [0.1, 0.15) is 6.92 Å². The molecule has 5 heteroatoms. The third-order valence-corrected chi connectivity index (χ3v) is 4.18. The van der Waals surface area contributed by atoms with Crippen molar-refractivity contribution in [3.8, 4) is 0 Å². The molecule has 86 valence electrons. The Labute approximate surface area is 123 Å². The van der Waals surface area contributed by atoms with E-state index in [9.17, 15) is 0 Å². The summed E-state index contributed by atoms with van der Waals surface area (Å²) in [5.41, 5.74) is 2.33. The molecule has 0 aromatic rings. The summed E-state index contributed by atoms with van der Waals surface area (Å²) in [6.07, 6.45) is 5.20. The first-order valence-corrected chi connectivity index (χ1v) is 7.16. The highest BCUT2D eigenvalue weighted by Crippen LogP contribution is 2.28. The summed E-state index contributed by atoms with van der Waals surface area (Å²) in [4.78, 5) is -0.663. The van der Waals surface area contributed by atoms with Gasteiger partial charge in [-0.25, -0.2) is 0 Å². The lowest BCUT2D eigenvalue weighted by atomic mass is 10.1. The molecule has 15 heavy (non-hydrogen) atoms. The summed E-state index contributed by atoms with van der Waals surface area (Å²) in [7, 11) is 0. The van der Waals surface area contributed by atoms with Crippen molar-refractivity contribution in [2.45, 2.75) is 20.9 Å². The number of hydrogen-bond donors (Lipinski definition) is 0. The third kappa shape index (κ3) is 5.78. The van der Waals surface area contributed by atoms with Crippen LogP contribution in [-0.2, 0) is 0 Å². The van der Waals surface area contributed by atoms with Gasteiger partial charge in [0.25, 0.3) is 0 Å². The number of rotatable bonds is 5. The Kier molecular flexibility index (Phi) is 7.91. The normalized spacial score (nSPS) is 19.3. The second kappa shape index (κ2) is 7.39. The predicted molar refractivity (Wildman–Crippen MR) is 78.8 cm³/mol. The lowest BCUT2D eigenvalue weighted by Crippen LogP contribution is -2.24. The van der Waals surface area contributed by atoms with Crippen LogP contribution in [-0.4, -0.2) is 14.0 Å². The fraction of sp³-hybridized carbons (Fsp3) is 0.400. The minimum atomic E-state index is -0.663. The Morgan fingerprint density at radius 3 is 2.33 bits per heavy atom. The fourth-order valence-electron chi connectivity index (χ4n) is 0.653. The molecule has 0 saturated heterocycles. The van der Waals surface area contributed by atoms with Crippen molar-refractivity contribution in [2.24, 2.45) is 0 Å². The van der Waals surface area contributed by atoms with Gasteiger partial charge in [-0.15, -0.1) is 29.8 Å². The predicted octanol–water partition coefficient (Wildman–Crippen LogP) is 5.57. The first-order chi connectivity index (χ1) is 6.85. The van der Waals surface area contributed by atoms with Gasteiger partial charge in [0.05, 0.1) is 14.0 Å². The van der Waals surface area contributed by atoms with Crippen molar-refractivity contribution in [3.05, 3.63) is 35.9 Å². The summed E-state index contributed by atoms with van der Waals surface area (Å²) in [6, 6.07) is 0. The molecule has 2 atom stereocenters. The molecule has 0 aromatic heterocycles. The molecule has 0 unspecified atom stereocenters. The molecule has 0 aliphatic rings. The summed E-state index contributed by atoms with van der Waals surface area (Å²) >= 11 is 24.5. The Hall–Kier alpha value is 1.05. The Morgan fingerprint density at radius 2 is 2.00 bits per heavy atom. The second-order valence-corrected chi connectivity index (χ2v) is 7.59. The van der Waals surface area contributed by atoms with Crippen LogP contribution >= 0.6 is 66.7 Å². The van der Waals surface area contributed by atoms with Crippen LogP contribution in [0.3, 0.4) is 0 Å². The van der Waals surface area contributed by atoms with E-state index in [1.165, 1.54) is 5.54 Å². The molecular formula is C10H11Br2Cl3. The third-order valence-electron chi connectivity index (χ3n) is 1.77. The van der Waals surface area contributed by atoms with E-state index in [0.717, 1.165) is 5.57 Å².